The highest BCUT2D eigenvalue weighted by atomic mass is 32.2. The Morgan fingerprint density at radius 2 is 1.84 bits per heavy atom. The minimum absolute atomic E-state index is 0.0104. The third-order valence-electron chi connectivity index (χ3n) is 2.87. The molecule has 0 aromatic heterocycles. The van der Waals surface area contributed by atoms with Gasteiger partial charge in [0.15, 0.2) is 0 Å². The molecule has 4 heteroatoms. The van der Waals surface area contributed by atoms with Crippen LogP contribution in [0, 0.1) is 6.92 Å². The van der Waals surface area contributed by atoms with E-state index in [0.717, 1.165) is 22.3 Å². The molecule has 0 spiro atoms. The number of aldehydes is 1. The second-order valence-electron chi connectivity index (χ2n) is 5.84. The molecule has 1 aromatic rings. The van der Waals surface area contributed by atoms with Crippen LogP contribution in [0.1, 0.15) is 42.3 Å². The zero-order chi connectivity index (χ0) is 14.8. The Morgan fingerprint density at radius 3 is 2.26 bits per heavy atom. The molecule has 0 aliphatic heterocycles. The number of carbonyl (C=O) groups is 2. The van der Waals surface area contributed by atoms with Crippen LogP contribution in [0.25, 0.3) is 0 Å². The van der Waals surface area contributed by atoms with Gasteiger partial charge < -0.3 is 4.90 Å². The summed E-state index contributed by atoms with van der Waals surface area (Å²) in [4.78, 5) is 25.4. The molecular weight excluding hydrogens is 258 g/mol. The Labute approximate surface area is 119 Å². The molecule has 0 fully saturated rings. The highest BCUT2D eigenvalue weighted by Crippen LogP contribution is 2.35. The first-order valence-corrected chi connectivity index (χ1v) is 6.98. The molecule has 0 heterocycles. The van der Waals surface area contributed by atoms with Crippen molar-refractivity contribution in [1.82, 2.24) is 4.90 Å². The molecule has 0 radical (unpaired) electrons. The van der Waals surface area contributed by atoms with Crippen LogP contribution in [0.5, 0.6) is 0 Å². The maximum absolute atomic E-state index is 11.9. The number of hydrogen-bond donors (Lipinski definition) is 0. The molecule has 3 nitrogen and oxygen atoms in total. The highest BCUT2D eigenvalue weighted by molar-refractivity contribution is 8.13. The lowest BCUT2D eigenvalue weighted by molar-refractivity contribution is 0.112. The maximum Gasteiger partial charge on any atom is 0.285 e. The van der Waals surface area contributed by atoms with Crippen LogP contribution >= 0.6 is 11.8 Å². The SMILES string of the molecule is Cc1cc(SC(=O)N(C)C)c(C(C)(C)C)cc1C=O. The fourth-order valence-electron chi connectivity index (χ4n) is 1.68. The molecule has 0 bridgehead atoms. The zero-order valence-electron chi connectivity index (χ0n) is 12.4. The van der Waals surface area contributed by atoms with Crippen molar-refractivity contribution in [2.75, 3.05) is 14.1 Å². The van der Waals surface area contributed by atoms with Crippen molar-refractivity contribution in [1.29, 1.82) is 0 Å². The van der Waals surface area contributed by atoms with Gasteiger partial charge in [-0.15, -0.1) is 0 Å². The van der Waals surface area contributed by atoms with Gasteiger partial charge in [-0.3, -0.25) is 9.59 Å². The second kappa shape index (κ2) is 5.78. The van der Waals surface area contributed by atoms with E-state index in [2.05, 4.69) is 20.8 Å². The van der Waals surface area contributed by atoms with Gasteiger partial charge in [0.25, 0.3) is 5.24 Å². The van der Waals surface area contributed by atoms with Crippen LogP contribution in [0.3, 0.4) is 0 Å². The van der Waals surface area contributed by atoms with E-state index in [9.17, 15) is 9.59 Å². The van der Waals surface area contributed by atoms with E-state index in [1.54, 1.807) is 19.0 Å². The summed E-state index contributed by atoms with van der Waals surface area (Å²) < 4.78 is 0. The van der Waals surface area contributed by atoms with Gasteiger partial charge >= 0.3 is 0 Å². The number of aryl methyl sites for hydroxylation is 1. The first kappa shape index (κ1) is 15.8. The minimum Gasteiger partial charge on any atom is -0.339 e. The molecule has 1 amide bonds. The third kappa shape index (κ3) is 3.83. The van der Waals surface area contributed by atoms with Gasteiger partial charge in [-0.1, -0.05) is 20.8 Å². The predicted molar refractivity (Wildman–Crippen MR) is 80.2 cm³/mol. The molecule has 1 aromatic carbocycles. The number of benzene rings is 1. The Bertz CT molecular complexity index is 502. The summed E-state index contributed by atoms with van der Waals surface area (Å²) in [7, 11) is 3.47. The van der Waals surface area contributed by atoms with Crippen LogP contribution in [-0.2, 0) is 5.41 Å². The fraction of sp³-hybridized carbons (Fsp3) is 0.467. The lowest BCUT2D eigenvalue weighted by atomic mass is 9.85. The first-order valence-electron chi connectivity index (χ1n) is 6.16. The minimum atomic E-state index is -0.111. The third-order valence-corrected chi connectivity index (χ3v) is 3.96. The van der Waals surface area contributed by atoms with E-state index in [1.165, 1.54) is 11.8 Å². The molecule has 0 unspecified atom stereocenters. The van der Waals surface area contributed by atoms with Crippen molar-refractivity contribution >= 4 is 23.3 Å². The van der Waals surface area contributed by atoms with Crippen LogP contribution in [0.2, 0.25) is 0 Å². The van der Waals surface area contributed by atoms with Gasteiger partial charge in [-0.2, -0.15) is 0 Å². The molecule has 1 rings (SSSR count). The monoisotopic (exact) mass is 279 g/mol. The van der Waals surface area contributed by atoms with E-state index in [1.807, 2.05) is 19.1 Å². The van der Waals surface area contributed by atoms with Crippen LogP contribution in [-0.4, -0.2) is 30.5 Å². The maximum atomic E-state index is 11.9. The normalized spacial score (nSPS) is 11.3. The Kier molecular flexibility index (Phi) is 4.80. The van der Waals surface area contributed by atoms with Crippen molar-refractivity contribution in [2.24, 2.45) is 0 Å². The summed E-state index contributed by atoms with van der Waals surface area (Å²) in [6, 6.07) is 3.82. The summed E-state index contributed by atoms with van der Waals surface area (Å²) in [5, 5.41) is -0.0104. The van der Waals surface area contributed by atoms with Gasteiger partial charge in [0.05, 0.1) is 0 Å². The van der Waals surface area contributed by atoms with Gasteiger partial charge in [-0.25, -0.2) is 0 Å². The van der Waals surface area contributed by atoms with Gasteiger partial charge in [-0.05, 0) is 47.4 Å². The first-order chi connectivity index (χ1) is 8.66. The summed E-state index contributed by atoms with van der Waals surface area (Å²) in [5.74, 6) is 0. The molecule has 0 saturated heterocycles. The number of amides is 1. The molecule has 104 valence electrons. The standard InChI is InChI=1S/C15H21NO2S/c1-10-7-13(19-14(18)16(5)6)12(15(2,3)4)8-11(10)9-17/h7-9H,1-6H3. The quantitative estimate of drug-likeness (QED) is 0.609. The van der Waals surface area contributed by atoms with Crippen LogP contribution in [0.4, 0.5) is 4.79 Å². The smallest absolute Gasteiger partial charge is 0.285 e. The van der Waals surface area contributed by atoms with E-state index in [4.69, 9.17) is 0 Å². The Balaban J connectivity index is 3.33. The van der Waals surface area contributed by atoms with E-state index in [0.29, 0.717) is 5.56 Å². The fourth-order valence-corrected chi connectivity index (χ4v) is 2.76. The van der Waals surface area contributed by atoms with Crippen molar-refractivity contribution in [3.8, 4) is 0 Å². The molecular formula is C15H21NO2S. The number of carbonyl (C=O) groups excluding carboxylic acids is 2. The average molecular weight is 279 g/mol. The van der Waals surface area contributed by atoms with Crippen molar-refractivity contribution in [3.63, 3.8) is 0 Å². The predicted octanol–water partition coefficient (Wildman–Crippen LogP) is 3.88. The number of rotatable bonds is 2. The number of nitrogens with zero attached hydrogens (tertiary/aromatic N) is 1. The van der Waals surface area contributed by atoms with E-state index >= 15 is 0 Å². The van der Waals surface area contributed by atoms with E-state index < -0.39 is 0 Å². The number of hydrogen-bond acceptors (Lipinski definition) is 3. The Morgan fingerprint density at radius 1 is 1.26 bits per heavy atom. The lowest BCUT2D eigenvalue weighted by Crippen LogP contribution is -2.18. The average Bonchev–Trinajstić information content (AvgIpc) is 2.27. The van der Waals surface area contributed by atoms with Gasteiger partial charge in [0, 0.05) is 24.6 Å². The largest absolute Gasteiger partial charge is 0.339 e. The molecule has 0 N–H and O–H groups in total. The Hall–Kier alpha value is -1.29. The molecule has 0 aliphatic carbocycles. The van der Waals surface area contributed by atoms with Gasteiger partial charge in [0.1, 0.15) is 6.29 Å². The second-order valence-corrected chi connectivity index (χ2v) is 6.83. The van der Waals surface area contributed by atoms with Crippen LogP contribution < -0.4 is 0 Å². The van der Waals surface area contributed by atoms with E-state index in [-0.39, 0.29) is 10.7 Å². The number of thioether (sulfide) groups is 1. The molecule has 19 heavy (non-hydrogen) atoms. The summed E-state index contributed by atoms with van der Waals surface area (Å²) >= 11 is 1.21. The van der Waals surface area contributed by atoms with Crippen molar-refractivity contribution < 1.29 is 9.59 Å². The highest BCUT2D eigenvalue weighted by Gasteiger charge is 2.22. The van der Waals surface area contributed by atoms with Crippen LogP contribution in [0.15, 0.2) is 17.0 Å². The summed E-state index contributed by atoms with van der Waals surface area (Å²) in [6.45, 7) is 8.13. The zero-order valence-corrected chi connectivity index (χ0v) is 13.2. The van der Waals surface area contributed by atoms with Crippen molar-refractivity contribution in [2.45, 2.75) is 38.0 Å². The molecule has 0 saturated carbocycles. The summed E-state index contributed by atoms with van der Waals surface area (Å²) in [5.41, 5.74) is 2.50. The molecule has 0 atom stereocenters. The lowest BCUT2D eigenvalue weighted by Gasteiger charge is -2.24. The molecule has 0 aliphatic rings. The van der Waals surface area contributed by atoms with Gasteiger partial charge in [0.2, 0.25) is 0 Å². The summed E-state index contributed by atoms with van der Waals surface area (Å²) in [6.07, 6.45) is 0.868. The topological polar surface area (TPSA) is 37.4 Å². The van der Waals surface area contributed by atoms with Crippen molar-refractivity contribution in [3.05, 3.63) is 28.8 Å².